The molecule has 28 heavy (non-hydrogen) atoms. The second-order valence-corrected chi connectivity index (χ2v) is 7.51. The first-order chi connectivity index (χ1) is 13.3. The Balaban J connectivity index is 1.70. The van der Waals surface area contributed by atoms with E-state index >= 15 is 0 Å². The highest BCUT2D eigenvalue weighted by Gasteiger charge is 2.36. The van der Waals surface area contributed by atoms with Gasteiger partial charge in [-0.1, -0.05) is 12.0 Å². The van der Waals surface area contributed by atoms with E-state index < -0.39 is 11.7 Å². The molecule has 148 valence electrons. The summed E-state index contributed by atoms with van der Waals surface area (Å²) in [4.78, 5) is 17.9. The van der Waals surface area contributed by atoms with Gasteiger partial charge in [-0.2, -0.15) is 18.2 Å². The number of allylic oxidation sites excluding steroid dienone is 1. The van der Waals surface area contributed by atoms with E-state index in [1.54, 1.807) is 4.90 Å². The molecular formula is C19H19F3N4OS. The normalized spacial score (nSPS) is 19.6. The van der Waals surface area contributed by atoms with Crippen LogP contribution in [0, 0.1) is 18.3 Å². The number of carbonyl (C=O) groups is 1. The average molecular weight is 408 g/mol. The molecule has 2 heterocycles. The maximum Gasteiger partial charge on any atom is 0.418 e. The highest BCUT2D eigenvalue weighted by atomic mass is 32.2. The van der Waals surface area contributed by atoms with E-state index in [4.69, 9.17) is 12.2 Å². The molecule has 0 unspecified atom stereocenters. The van der Waals surface area contributed by atoms with Gasteiger partial charge in [0.25, 0.3) is 0 Å². The Kier molecular flexibility index (Phi) is 5.89. The molecule has 0 aliphatic carbocycles. The van der Waals surface area contributed by atoms with E-state index in [9.17, 15) is 18.0 Å². The maximum absolute atomic E-state index is 13.4. The van der Waals surface area contributed by atoms with Crippen molar-refractivity contribution in [3.63, 3.8) is 0 Å². The molecule has 0 radical (unpaired) electrons. The third kappa shape index (κ3) is 4.62. The van der Waals surface area contributed by atoms with Gasteiger partial charge < -0.3 is 16.0 Å². The summed E-state index contributed by atoms with van der Waals surface area (Å²) in [5.41, 5.74) is 5.06. The molecule has 1 aromatic carbocycles. The number of anilines is 2. The van der Waals surface area contributed by atoms with Crippen molar-refractivity contribution in [1.29, 1.82) is 0 Å². The standard InChI is InChI=1S/C19H19F3N4OS/c1-2-7-24-17-16(28-18(27)25-17)10-12-5-8-26(9-6-12)15-4-3-13(23)11-14(15)19(20,21)22/h1,3-4,10-12H,5-9,23H2,(H,24,25,27)/b16-10-. The highest BCUT2D eigenvalue weighted by molar-refractivity contribution is 8.18. The van der Waals surface area contributed by atoms with Gasteiger partial charge in [-0.25, -0.2) is 0 Å². The van der Waals surface area contributed by atoms with Crippen molar-refractivity contribution in [3.8, 4) is 12.3 Å². The number of halogens is 3. The summed E-state index contributed by atoms with van der Waals surface area (Å²) in [6, 6.07) is 3.89. The fourth-order valence-corrected chi connectivity index (χ4v) is 4.06. The predicted molar refractivity (Wildman–Crippen MR) is 106 cm³/mol. The SMILES string of the molecule is C#CCNC1=NC(=O)S/C1=C\C1CCN(c2ccc(N)cc2C(F)(F)F)CC1. The quantitative estimate of drug-likeness (QED) is 0.587. The number of carbonyl (C=O) groups excluding carboxylic acids is 1. The van der Waals surface area contributed by atoms with Crippen LogP contribution in [-0.4, -0.2) is 30.7 Å². The van der Waals surface area contributed by atoms with E-state index in [0.717, 1.165) is 22.7 Å². The molecule has 2 aliphatic heterocycles. The Morgan fingerprint density at radius 3 is 2.75 bits per heavy atom. The highest BCUT2D eigenvalue weighted by Crippen LogP contribution is 2.39. The van der Waals surface area contributed by atoms with Gasteiger partial charge in [0, 0.05) is 24.5 Å². The van der Waals surface area contributed by atoms with Crippen LogP contribution >= 0.6 is 11.8 Å². The summed E-state index contributed by atoms with van der Waals surface area (Å²) in [6.07, 6.45) is 4.06. The molecule has 1 saturated heterocycles. The number of benzene rings is 1. The van der Waals surface area contributed by atoms with Gasteiger partial charge in [-0.15, -0.1) is 6.42 Å². The van der Waals surface area contributed by atoms with Crippen molar-refractivity contribution in [2.75, 3.05) is 30.3 Å². The van der Waals surface area contributed by atoms with E-state index in [1.165, 1.54) is 12.1 Å². The summed E-state index contributed by atoms with van der Waals surface area (Å²) in [5, 5.41) is 2.62. The van der Waals surface area contributed by atoms with Crippen LogP contribution in [0.5, 0.6) is 0 Å². The number of amidine groups is 1. The molecule has 5 nitrogen and oxygen atoms in total. The summed E-state index contributed by atoms with van der Waals surface area (Å²) >= 11 is 1.03. The Morgan fingerprint density at radius 2 is 2.11 bits per heavy atom. The lowest BCUT2D eigenvalue weighted by atomic mass is 9.95. The van der Waals surface area contributed by atoms with Gasteiger partial charge >= 0.3 is 11.4 Å². The molecule has 1 fully saturated rings. The fraction of sp³-hybridized carbons (Fsp3) is 0.368. The van der Waals surface area contributed by atoms with Gasteiger partial charge in [0.2, 0.25) is 0 Å². The van der Waals surface area contributed by atoms with Crippen LogP contribution in [0.15, 0.2) is 34.2 Å². The lowest BCUT2D eigenvalue weighted by Gasteiger charge is -2.34. The number of amides is 1. The van der Waals surface area contributed by atoms with E-state index in [0.29, 0.717) is 31.8 Å². The first kappa shape index (κ1) is 20.1. The van der Waals surface area contributed by atoms with Crippen LogP contribution in [0.4, 0.5) is 29.3 Å². The molecular weight excluding hydrogens is 389 g/mol. The number of thioether (sulfide) groups is 1. The second-order valence-electron chi connectivity index (χ2n) is 6.52. The van der Waals surface area contributed by atoms with Gasteiger partial charge in [-0.05, 0) is 48.7 Å². The van der Waals surface area contributed by atoms with E-state index in [2.05, 4.69) is 16.2 Å². The summed E-state index contributed by atoms with van der Waals surface area (Å²) < 4.78 is 40.1. The number of terminal acetylenes is 1. The Hall–Kier alpha value is -2.60. The van der Waals surface area contributed by atoms with Gasteiger partial charge in [-0.3, -0.25) is 4.79 Å². The number of hydrogen-bond donors (Lipinski definition) is 2. The second kappa shape index (κ2) is 8.19. The van der Waals surface area contributed by atoms with Gasteiger partial charge in [0.15, 0.2) is 0 Å². The lowest BCUT2D eigenvalue weighted by Crippen LogP contribution is -2.35. The van der Waals surface area contributed by atoms with Crippen LogP contribution in [0.1, 0.15) is 18.4 Å². The topological polar surface area (TPSA) is 70.7 Å². The minimum atomic E-state index is -4.46. The third-order valence-electron chi connectivity index (χ3n) is 4.59. The van der Waals surface area contributed by atoms with Crippen molar-refractivity contribution < 1.29 is 18.0 Å². The Bertz CT molecular complexity index is 865. The summed E-state index contributed by atoms with van der Waals surface area (Å²) in [6.45, 7) is 1.22. The molecule has 0 bridgehead atoms. The molecule has 1 amide bonds. The zero-order valence-electron chi connectivity index (χ0n) is 14.9. The van der Waals surface area contributed by atoms with Crippen molar-refractivity contribution >= 4 is 34.2 Å². The van der Waals surface area contributed by atoms with Crippen molar-refractivity contribution in [1.82, 2.24) is 5.32 Å². The first-order valence-electron chi connectivity index (χ1n) is 8.69. The number of nitrogens with zero attached hydrogens (tertiary/aromatic N) is 2. The van der Waals surface area contributed by atoms with Crippen LogP contribution in [0.2, 0.25) is 0 Å². The molecule has 0 spiro atoms. The fourth-order valence-electron chi connectivity index (χ4n) is 3.26. The molecule has 0 saturated carbocycles. The predicted octanol–water partition coefficient (Wildman–Crippen LogP) is 3.88. The summed E-state index contributed by atoms with van der Waals surface area (Å²) in [7, 11) is 0. The van der Waals surface area contributed by atoms with Crippen LogP contribution in [0.3, 0.4) is 0 Å². The van der Waals surface area contributed by atoms with Crippen LogP contribution < -0.4 is 16.0 Å². The van der Waals surface area contributed by atoms with E-state index in [-0.39, 0.29) is 29.1 Å². The van der Waals surface area contributed by atoms with E-state index in [1.807, 2.05) is 6.08 Å². The number of rotatable bonds is 3. The Labute approximate surface area is 165 Å². The molecule has 3 N–H and O–H groups in total. The number of nitrogens with two attached hydrogens (primary N) is 1. The van der Waals surface area contributed by atoms with Crippen LogP contribution in [0.25, 0.3) is 0 Å². The molecule has 2 aliphatic rings. The van der Waals surface area contributed by atoms with Gasteiger partial charge in [0.1, 0.15) is 5.84 Å². The van der Waals surface area contributed by atoms with Crippen molar-refractivity contribution in [2.45, 2.75) is 19.0 Å². The number of piperidine rings is 1. The average Bonchev–Trinajstić information content (AvgIpc) is 2.99. The molecule has 9 heteroatoms. The number of nitrogen functional groups attached to an aromatic ring is 1. The third-order valence-corrected chi connectivity index (χ3v) is 5.40. The monoisotopic (exact) mass is 408 g/mol. The maximum atomic E-state index is 13.4. The summed E-state index contributed by atoms with van der Waals surface area (Å²) in [5.74, 6) is 3.04. The first-order valence-corrected chi connectivity index (χ1v) is 9.51. The minimum absolute atomic E-state index is 0.0879. The van der Waals surface area contributed by atoms with Crippen molar-refractivity contribution in [3.05, 3.63) is 34.7 Å². The Morgan fingerprint density at radius 1 is 1.39 bits per heavy atom. The number of hydrogen-bond acceptors (Lipinski definition) is 5. The minimum Gasteiger partial charge on any atom is -0.399 e. The molecule has 3 rings (SSSR count). The van der Waals surface area contributed by atoms with Gasteiger partial charge in [0.05, 0.1) is 17.0 Å². The number of aliphatic imine (C=N–C) groups is 1. The molecule has 0 aromatic heterocycles. The zero-order valence-corrected chi connectivity index (χ0v) is 15.7. The number of nitrogens with one attached hydrogen (secondary N) is 1. The van der Waals surface area contributed by atoms with Crippen molar-refractivity contribution in [2.24, 2.45) is 10.9 Å². The molecule has 0 atom stereocenters. The largest absolute Gasteiger partial charge is 0.418 e. The van der Waals surface area contributed by atoms with Crippen LogP contribution in [-0.2, 0) is 6.18 Å². The smallest absolute Gasteiger partial charge is 0.399 e. The lowest BCUT2D eigenvalue weighted by molar-refractivity contribution is -0.137. The number of alkyl halides is 3. The zero-order chi connectivity index (χ0) is 20.3. The molecule has 1 aromatic rings.